The average Bonchev–Trinajstić information content (AvgIpc) is 3.23. The van der Waals surface area contributed by atoms with Crippen molar-refractivity contribution in [3.05, 3.63) is 35.0 Å². The number of amides is 3. The van der Waals surface area contributed by atoms with Crippen LogP contribution in [0.15, 0.2) is 29.5 Å². The molecule has 26 heavy (non-hydrogen) atoms. The molecule has 0 unspecified atom stereocenters. The van der Waals surface area contributed by atoms with Crippen LogP contribution in [0.4, 0.5) is 4.79 Å². The molecule has 1 aromatic carbocycles. The predicted octanol–water partition coefficient (Wildman–Crippen LogP) is 1.03. The second-order valence-electron chi connectivity index (χ2n) is 6.68. The van der Waals surface area contributed by atoms with Gasteiger partial charge in [0.05, 0.1) is 37.1 Å². The van der Waals surface area contributed by atoms with E-state index in [9.17, 15) is 14.7 Å². The fourth-order valence-electron chi connectivity index (χ4n) is 3.73. The maximum atomic E-state index is 13.0. The number of rotatable bonds is 4. The van der Waals surface area contributed by atoms with Crippen LogP contribution < -0.4 is 15.4 Å². The van der Waals surface area contributed by atoms with Gasteiger partial charge in [-0.1, -0.05) is 6.07 Å². The molecule has 138 valence electrons. The molecule has 1 fully saturated rings. The topological polar surface area (TPSA) is 100 Å². The highest BCUT2D eigenvalue weighted by molar-refractivity contribution is 6.01. The quantitative estimate of drug-likeness (QED) is 0.746. The molecule has 0 aromatic heterocycles. The molecule has 3 amide bonds. The van der Waals surface area contributed by atoms with Crippen LogP contribution in [0.5, 0.6) is 11.5 Å². The first kappa shape index (κ1) is 16.7. The normalized spacial score (nSPS) is 25.2. The van der Waals surface area contributed by atoms with Gasteiger partial charge in [0.2, 0.25) is 0 Å². The molecule has 0 spiro atoms. The van der Waals surface area contributed by atoms with Crippen molar-refractivity contribution >= 4 is 11.9 Å². The number of nitrogens with one attached hydrogen (secondary N) is 2. The number of ether oxygens (including phenoxy) is 2. The Morgan fingerprint density at radius 2 is 2.23 bits per heavy atom. The molecule has 2 atom stereocenters. The molecular formula is C18H21N3O5. The Kier molecular flexibility index (Phi) is 4.20. The van der Waals surface area contributed by atoms with Gasteiger partial charge in [-0.25, -0.2) is 4.79 Å². The van der Waals surface area contributed by atoms with E-state index in [4.69, 9.17) is 9.47 Å². The summed E-state index contributed by atoms with van der Waals surface area (Å²) < 4.78 is 10.8. The van der Waals surface area contributed by atoms with Crippen molar-refractivity contribution in [3.63, 3.8) is 0 Å². The van der Waals surface area contributed by atoms with Crippen molar-refractivity contribution < 1.29 is 24.2 Å². The van der Waals surface area contributed by atoms with Gasteiger partial charge in [0, 0.05) is 13.2 Å². The molecule has 3 aliphatic rings. The van der Waals surface area contributed by atoms with E-state index in [1.165, 1.54) is 13.2 Å². The fraction of sp³-hybridized carbons (Fsp3) is 0.444. The zero-order valence-electron chi connectivity index (χ0n) is 14.4. The van der Waals surface area contributed by atoms with Crippen LogP contribution in [0.25, 0.3) is 0 Å². The maximum Gasteiger partial charge on any atom is 0.319 e. The van der Waals surface area contributed by atoms with E-state index in [0.29, 0.717) is 35.7 Å². The number of urea groups is 1. The third-order valence-electron chi connectivity index (χ3n) is 5.01. The summed E-state index contributed by atoms with van der Waals surface area (Å²) in [5, 5.41) is 15.3. The molecule has 0 aliphatic carbocycles. The van der Waals surface area contributed by atoms with Crippen molar-refractivity contribution in [1.29, 1.82) is 0 Å². The van der Waals surface area contributed by atoms with Crippen molar-refractivity contribution in [1.82, 2.24) is 15.5 Å². The highest BCUT2D eigenvalue weighted by Gasteiger charge is 2.41. The van der Waals surface area contributed by atoms with Crippen LogP contribution in [0.3, 0.4) is 0 Å². The number of phenolic OH excluding ortho intramolecular Hbond substituents is 1. The van der Waals surface area contributed by atoms with Gasteiger partial charge in [-0.2, -0.15) is 0 Å². The average molecular weight is 359 g/mol. The van der Waals surface area contributed by atoms with Gasteiger partial charge < -0.3 is 30.1 Å². The van der Waals surface area contributed by atoms with Gasteiger partial charge in [0.1, 0.15) is 0 Å². The zero-order valence-corrected chi connectivity index (χ0v) is 14.4. The number of aromatic hydroxyl groups is 1. The monoisotopic (exact) mass is 359 g/mol. The number of benzene rings is 1. The lowest BCUT2D eigenvalue weighted by atomic mass is 9.96. The number of methoxy groups -OCH3 is 1. The third-order valence-corrected chi connectivity index (χ3v) is 5.01. The molecule has 3 aliphatic heterocycles. The van der Waals surface area contributed by atoms with Crippen LogP contribution in [0.2, 0.25) is 0 Å². The Labute approximate surface area is 150 Å². The first-order chi connectivity index (χ1) is 12.6. The third kappa shape index (κ3) is 2.86. The van der Waals surface area contributed by atoms with Gasteiger partial charge in [-0.05, 0) is 30.5 Å². The minimum absolute atomic E-state index is 0.00321. The van der Waals surface area contributed by atoms with Crippen molar-refractivity contribution in [3.8, 4) is 11.5 Å². The predicted molar refractivity (Wildman–Crippen MR) is 91.6 cm³/mol. The SMILES string of the molecule is COc1cc([C@@H]2NC(=O)NC3=C2C(=O)N(C[C@H]2CCCO2)C3)ccc1O. The van der Waals surface area contributed by atoms with Gasteiger partial charge in [0.25, 0.3) is 5.91 Å². The molecule has 4 rings (SSSR count). The van der Waals surface area contributed by atoms with Crippen molar-refractivity contribution in [2.24, 2.45) is 0 Å². The highest BCUT2D eigenvalue weighted by Crippen LogP contribution is 2.36. The molecule has 0 bridgehead atoms. The summed E-state index contributed by atoms with van der Waals surface area (Å²) in [6.45, 7) is 1.62. The highest BCUT2D eigenvalue weighted by atomic mass is 16.5. The maximum absolute atomic E-state index is 13.0. The lowest BCUT2D eigenvalue weighted by Gasteiger charge is -2.26. The van der Waals surface area contributed by atoms with Gasteiger partial charge in [-0.15, -0.1) is 0 Å². The summed E-state index contributed by atoms with van der Waals surface area (Å²) >= 11 is 0. The van der Waals surface area contributed by atoms with E-state index in [1.807, 2.05) is 0 Å². The summed E-state index contributed by atoms with van der Waals surface area (Å²) in [5.41, 5.74) is 1.82. The molecule has 3 N–H and O–H groups in total. The minimum Gasteiger partial charge on any atom is -0.504 e. The second-order valence-corrected chi connectivity index (χ2v) is 6.68. The van der Waals surface area contributed by atoms with Gasteiger partial charge in [-0.3, -0.25) is 4.79 Å². The van der Waals surface area contributed by atoms with E-state index in [-0.39, 0.29) is 23.8 Å². The Morgan fingerprint density at radius 1 is 1.38 bits per heavy atom. The molecule has 1 saturated heterocycles. The summed E-state index contributed by atoms with van der Waals surface area (Å²) in [7, 11) is 1.45. The molecule has 1 aromatic rings. The lowest BCUT2D eigenvalue weighted by Crippen LogP contribution is -2.44. The van der Waals surface area contributed by atoms with Crippen LogP contribution in [0, 0.1) is 0 Å². The summed E-state index contributed by atoms with van der Waals surface area (Å²) in [6, 6.07) is 3.86. The van der Waals surface area contributed by atoms with Crippen molar-refractivity contribution in [2.45, 2.75) is 25.0 Å². The number of nitrogens with zero attached hydrogens (tertiary/aromatic N) is 1. The first-order valence-electron chi connectivity index (χ1n) is 8.65. The van der Waals surface area contributed by atoms with E-state index in [2.05, 4.69) is 10.6 Å². The smallest absolute Gasteiger partial charge is 0.319 e. The molecule has 0 radical (unpaired) electrons. The van der Waals surface area contributed by atoms with Crippen LogP contribution in [0.1, 0.15) is 24.4 Å². The van der Waals surface area contributed by atoms with Crippen LogP contribution in [-0.2, 0) is 9.53 Å². The molecule has 0 saturated carbocycles. The molecular weight excluding hydrogens is 338 g/mol. The second kappa shape index (κ2) is 6.53. The number of carbonyl (C=O) groups excluding carboxylic acids is 2. The van der Waals surface area contributed by atoms with Gasteiger partial charge >= 0.3 is 6.03 Å². The van der Waals surface area contributed by atoms with E-state index < -0.39 is 6.04 Å². The fourth-order valence-corrected chi connectivity index (χ4v) is 3.73. The van der Waals surface area contributed by atoms with E-state index >= 15 is 0 Å². The minimum atomic E-state index is -0.588. The Bertz CT molecular complexity index is 785. The van der Waals surface area contributed by atoms with Crippen LogP contribution >= 0.6 is 0 Å². The summed E-state index contributed by atoms with van der Waals surface area (Å²) in [6.07, 6.45) is 2.00. The Morgan fingerprint density at radius 3 is 2.96 bits per heavy atom. The van der Waals surface area contributed by atoms with E-state index in [1.54, 1.807) is 17.0 Å². The lowest BCUT2D eigenvalue weighted by molar-refractivity contribution is -0.127. The first-order valence-corrected chi connectivity index (χ1v) is 8.65. The Hall–Kier alpha value is -2.74. The summed E-state index contributed by atoms with van der Waals surface area (Å²) in [4.78, 5) is 26.8. The number of carbonyl (C=O) groups is 2. The van der Waals surface area contributed by atoms with Crippen molar-refractivity contribution in [2.75, 3.05) is 26.8 Å². The molecule has 8 heteroatoms. The van der Waals surface area contributed by atoms with Gasteiger partial charge in [0.15, 0.2) is 11.5 Å². The number of hydrogen-bond donors (Lipinski definition) is 3. The summed E-state index contributed by atoms with van der Waals surface area (Å²) in [5.74, 6) is 0.183. The standard InChI is InChI=1S/C18H21N3O5/c1-25-14-7-10(4-5-13(14)22)16-15-12(19-18(24)20-16)9-21(17(15)23)8-11-3-2-6-26-11/h4-5,7,11,16,22H,2-3,6,8-9H2,1H3,(H2,19,20,24)/t11-,16+/m1/s1. The van der Waals surface area contributed by atoms with E-state index in [0.717, 1.165) is 19.4 Å². The number of hydrogen-bond acceptors (Lipinski definition) is 5. The zero-order chi connectivity index (χ0) is 18.3. The molecule has 8 nitrogen and oxygen atoms in total. The van der Waals surface area contributed by atoms with Crippen LogP contribution in [-0.4, -0.2) is 54.9 Å². The largest absolute Gasteiger partial charge is 0.504 e. The molecule has 3 heterocycles. The Balaban J connectivity index is 1.62. The number of phenols is 1.